The number of aliphatic hydroxyl groups is 1. The Bertz CT molecular complexity index is 477. The van der Waals surface area contributed by atoms with E-state index in [2.05, 4.69) is 26.6 Å². The van der Waals surface area contributed by atoms with E-state index in [9.17, 15) is 9.59 Å². The van der Waals surface area contributed by atoms with Crippen LogP contribution in [0, 0.1) is 12.8 Å². The molecule has 0 spiro atoms. The molecule has 5 nitrogen and oxygen atoms in total. The fraction of sp³-hybridized carbons (Fsp3) is 0.385. The topological polar surface area (TPSA) is 78.4 Å². The number of benzene rings is 1. The first kappa shape index (κ1) is 15.7. The molecule has 0 heterocycles. The van der Waals surface area contributed by atoms with E-state index < -0.39 is 11.8 Å². The molecule has 1 atom stereocenters. The van der Waals surface area contributed by atoms with Crippen LogP contribution in [0.4, 0.5) is 5.69 Å². The summed E-state index contributed by atoms with van der Waals surface area (Å²) in [6, 6.07) is 5.43. The predicted molar refractivity (Wildman–Crippen MR) is 76.8 cm³/mol. The monoisotopic (exact) mass is 328 g/mol. The molecule has 0 aliphatic rings. The van der Waals surface area contributed by atoms with Crippen LogP contribution in [0.1, 0.15) is 12.5 Å². The first-order chi connectivity index (χ1) is 8.93. The van der Waals surface area contributed by atoms with Crippen molar-refractivity contribution >= 4 is 33.4 Å². The van der Waals surface area contributed by atoms with Gasteiger partial charge in [0, 0.05) is 23.3 Å². The summed E-state index contributed by atoms with van der Waals surface area (Å²) in [5.74, 6) is -1.50. The number of hydrogen-bond acceptors (Lipinski definition) is 3. The minimum Gasteiger partial charge on any atom is -0.396 e. The van der Waals surface area contributed by atoms with Crippen LogP contribution in [0.2, 0.25) is 0 Å². The molecule has 104 valence electrons. The minimum absolute atomic E-state index is 0.0351. The van der Waals surface area contributed by atoms with Crippen LogP contribution in [0.5, 0.6) is 0 Å². The Morgan fingerprint density at radius 3 is 2.68 bits per heavy atom. The van der Waals surface area contributed by atoms with E-state index in [4.69, 9.17) is 5.11 Å². The molecule has 1 rings (SSSR count). The van der Waals surface area contributed by atoms with Crippen molar-refractivity contribution in [1.29, 1.82) is 0 Å². The molecule has 0 aliphatic heterocycles. The number of anilines is 1. The lowest BCUT2D eigenvalue weighted by molar-refractivity contribution is -0.136. The second kappa shape index (κ2) is 7.25. The van der Waals surface area contributed by atoms with E-state index in [0.29, 0.717) is 5.69 Å². The average Bonchev–Trinajstić information content (AvgIpc) is 2.39. The third kappa shape index (κ3) is 5.00. The number of aryl methyl sites for hydroxylation is 1. The fourth-order valence-corrected chi connectivity index (χ4v) is 1.68. The van der Waals surface area contributed by atoms with Crippen LogP contribution >= 0.6 is 15.9 Å². The highest BCUT2D eigenvalue weighted by Crippen LogP contribution is 2.20. The zero-order valence-electron chi connectivity index (χ0n) is 10.9. The van der Waals surface area contributed by atoms with E-state index in [0.717, 1.165) is 10.0 Å². The number of halogens is 1. The molecule has 0 saturated carbocycles. The van der Waals surface area contributed by atoms with Gasteiger partial charge in [-0.2, -0.15) is 0 Å². The number of carbonyl (C=O) groups is 2. The highest BCUT2D eigenvalue weighted by Gasteiger charge is 2.15. The van der Waals surface area contributed by atoms with Gasteiger partial charge in [0.25, 0.3) is 0 Å². The molecule has 0 bridgehead atoms. The van der Waals surface area contributed by atoms with Gasteiger partial charge in [-0.25, -0.2) is 0 Å². The van der Waals surface area contributed by atoms with E-state index >= 15 is 0 Å². The van der Waals surface area contributed by atoms with Crippen molar-refractivity contribution in [2.75, 3.05) is 18.5 Å². The molecule has 0 aliphatic carbocycles. The average molecular weight is 329 g/mol. The summed E-state index contributed by atoms with van der Waals surface area (Å²) in [7, 11) is 0. The Morgan fingerprint density at radius 1 is 1.37 bits per heavy atom. The van der Waals surface area contributed by atoms with Crippen LogP contribution in [-0.4, -0.2) is 30.1 Å². The first-order valence-corrected chi connectivity index (χ1v) is 6.69. The maximum absolute atomic E-state index is 11.7. The van der Waals surface area contributed by atoms with E-state index in [-0.39, 0.29) is 19.1 Å². The largest absolute Gasteiger partial charge is 0.396 e. The lowest BCUT2D eigenvalue weighted by atomic mass is 10.2. The van der Waals surface area contributed by atoms with Crippen molar-refractivity contribution < 1.29 is 14.7 Å². The summed E-state index contributed by atoms with van der Waals surface area (Å²) < 4.78 is 0.822. The molecular formula is C13H17BrN2O3. The normalized spacial score (nSPS) is 11.8. The first-order valence-electron chi connectivity index (χ1n) is 5.90. The SMILES string of the molecule is Cc1ccc(Br)cc1NC(=O)C(=O)NCC(C)CO. The number of amides is 2. The van der Waals surface area contributed by atoms with E-state index in [1.807, 2.05) is 19.1 Å². The van der Waals surface area contributed by atoms with Crippen LogP contribution in [0.25, 0.3) is 0 Å². The maximum Gasteiger partial charge on any atom is 0.313 e. The maximum atomic E-state index is 11.7. The Hall–Kier alpha value is -1.40. The van der Waals surface area contributed by atoms with Crippen molar-refractivity contribution in [2.24, 2.45) is 5.92 Å². The van der Waals surface area contributed by atoms with Crippen molar-refractivity contribution in [3.63, 3.8) is 0 Å². The number of rotatable bonds is 4. The highest BCUT2D eigenvalue weighted by molar-refractivity contribution is 9.10. The molecule has 3 N–H and O–H groups in total. The van der Waals surface area contributed by atoms with Gasteiger partial charge in [0.2, 0.25) is 0 Å². The van der Waals surface area contributed by atoms with Gasteiger partial charge in [-0.05, 0) is 30.5 Å². The Morgan fingerprint density at radius 2 is 2.05 bits per heavy atom. The summed E-state index contributed by atoms with van der Waals surface area (Å²) >= 11 is 3.30. The number of nitrogens with one attached hydrogen (secondary N) is 2. The Balaban J connectivity index is 2.59. The molecular weight excluding hydrogens is 312 g/mol. The molecule has 1 aromatic carbocycles. The second-order valence-electron chi connectivity index (χ2n) is 4.41. The Kier molecular flexibility index (Phi) is 5.98. The summed E-state index contributed by atoms with van der Waals surface area (Å²) in [6.45, 7) is 3.84. The zero-order valence-corrected chi connectivity index (χ0v) is 12.5. The van der Waals surface area contributed by atoms with Gasteiger partial charge in [0.15, 0.2) is 0 Å². The summed E-state index contributed by atoms with van der Waals surface area (Å²) in [4.78, 5) is 23.2. The second-order valence-corrected chi connectivity index (χ2v) is 5.33. The third-order valence-electron chi connectivity index (χ3n) is 2.58. The van der Waals surface area contributed by atoms with Gasteiger partial charge < -0.3 is 15.7 Å². The molecule has 19 heavy (non-hydrogen) atoms. The predicted octanol–water partition coefficient (Wildman–Crippen LogP) is 1.44. The molecule has 0 saturated heterocycles. The zero-order chi connectivity index (χ0) is 14.4. The molecule has 6 heteroatoms. The van der Waals surface area contributed by atoms with Crippen molar-refractivity contribution in [3.8, 4) is 0 Å². The van der Waals surface area contributed by atoms with Crippen molar-refractivity contribution in [3.05, 3.63) is 28.2 Å². The minimum atomic E-state index is -0.716. The van der Waals surface area contributed by atoms with Crippen molar-refractivity contribution in [1.82, 2.24) is 5.32 Å². The summed E-state index contributed by atoms with van der Waals surface area (Å²) in [5, 5.41) is 13.8. The molecule has 1 unspecified atom stereocenters. The number of hydrogen-bond donors (Lipinski definition) is 3. The van der Waals surface area contributed by atoms with Gasteiger partial charge in [0.1, 0.15) is 0 Å². The standard InChI is InChI=1S/C13H17BrN2O3/c1-8(7-17)6-15-12(18)13(19)16-11-5-10(14)4-3-9(11)2/h3-5,8,17H,6-7H2,1-2H3,(H,15,18)(H,16,19). The fourth-order valence-electron chi connectivity index (χ4n) is 1.32. The van der Waals surface area contributed by atoms with Crippen LogP contribution in [-0.2, 0) is 9.59 Å². The Labute approximate surface area is 120 Å². The lowest BCUT2D eigenvalue weighted by Gasteiger charge is -2.11. The molecule has 0 aromatic heterocycles. The van der Waals surface area contributed by atoms with Gasteiger partial charge in [-0.15, -0.1) is 0 Å². The smallest absolute Gasteiger partial charge is 0.313 e. The van der Waals surface area contributed by atoms with Crippen LogP contribution < -0.4 is 10.6 Å². The molecule has 0 fully saturated rings. The van der Waals surface area contributed by atoms with Crippen LogP contribution in [0.15, 0.2) is 22.7 Å². The third-order valence-corrected chi connectivity index (χ3v) is 3.07. The van der Waals surface area contributed by atoms with E-state index in [1.54, 1.807) is 13.0 Å². The van der Waals surface area contributed by atoms with Gasteiger partial charge in [-0.3, -0.25) is 9.59 Å². The quantitative estimate of drug-likeness (QED) is 0.732. The summed E-state index contributed by atoms with van der Waals surface area (Å²) in [6.07, 6.45) is 0. The lowest BCUT2D eigenvalue weighted by Crippen LogP contribution is -2.38. The van der Waals surface area contributed by atoms with Crippen LogP contribution in [0.3, 0.4) is 0 Å². The number of carbonyl (C=O) groups excluding carboxylic acids is 2. The van der Waals surface area contributed by atoms with Crippen molar-refractivity contribution in [2.45, 2.75) is 13.8 Å². The molecule has 0 radical (unpaired) electrons. The molecule has 1 aromatic rings. The highest BCUT2D eigenvalue weighted by atomic mass is 79.9. The van der Waals surface area contributed by atoms with Gasteiger partial charge in [-0.1, -0.05) is 28.9 Å². The van der Waals surface area contributed by atoms with E-state index in [1.165, 1.54) is 0 Å². The van der Waals surface area contributed by atoms with Gasteiger partial charge >= 0.3 is 11.8 Å². The van der Waals surface area contributed by atoms with Gasteiger partial charge in [0.05, 0.1) is 0 Å². The summed E-state index contributed by atoms with van der Waals surface area (Å²) in [5.41, 5.74) is 1.46. The molecule has 2 amide bonds. The number of aliphatic hydroxyl groups excluding tert-OH is 1.